The van der Waals surface area contributed by atoms with Crippen LogP contribution in [-0.2, 0) is 65.4 Å². The Kier molecular flexibility index (Phi) is 67.2. The van der Waals surface area contributed by atoms with Crippen LogP contribution in [0.3, 0.4) is 0 Å². The first-order chi connectivity index (χ1) is 47.7. The van der Waals surface area contributed by atoms with Gasteiger partial charge in [0, 0.05) is 19.3 Å². The third kappa shape index (κ3) is 69.7. The monoisotopic (exact) mass is 1410 g/mol. The lowest BCUT2D eigenvalue weighted by Gasteiger charge is -2.21. The number of carbonyl (C=O) groups excluding carboxylic acids is 4. The number of unbranched alkanes of at least 4 members (excludes halogenated alkanes) is 22. The van der Waals surface area contributed by atoms with Gasteiger partial charge in [-0.25, -0.2) is 9.13 Å². The highest BCUT2D eigenvalue weighted by atomic mass is 31.2. The molecule has 0 radical (unpaired) electrons. The standard InChI is InChI=1S/C79H132O17P2/c1-5-9-13-17-21-25-29-32-35-36-39-41-45-48-52-56-60-64-77(82)90-70-75(96-79(84)66-62-58-54-50-46-42-38-34-31-27-23-19-15-11-7-3)72-94-98(87,88)92-68-73(80)67-91-97(85,86)93-71-74(95-78(83)65-61-57-53-49-43-28-24-20-16-12-8-4)69-89-76(81)63-59-55-51-47-44-40-37-33-30-26-22-18-14-10-6-2/h9-10,13-14,20-22,24-26,32-33,35,37,39,41,44,47-48,52,55,59,73-75,80H,5-8,11-12,15-19,23,27-31,34,36,38,40,42-43,45-46,49-51,53-54,56-58,60-72H2,1-4H3,(H,85,86)(H,87,88)/b13-9-,14-10-,24-20-,25-21-,26-22-,35-32-,37-33-,41-39-,47-44-,52-48-,59-55-. The zero-order valence-corrected chi connectivity index (χ0v) is 62.7. The second-order valence-corrected chi connectivity index (χ2v) is 27.4. The van der Waals surface area contributed by atoms with Crippen LogP contribution in [0.4, 0.5) is 0 Å². The molecule has 0 amide bonds. The molecular formula is C79H132O17P2. The van der Waals surface area contributed by atoms with Crippen molar-refractivity contribution in [3.63, 3.8) is 0 Å². The summed E-state index contributed by atoms with van der Waals surface area (Å²) in [4.78, 5) is 72.7. The molecule has 0 aliphatic heterocycles. The maximum atomic E-state index is 13.1. The Morgan fingerprint density at radius 3 is 0.980 bits per heavy atom. The van der Waals surface area contributed by atoms with E-state index in [-0.39, 0.29) is 25.7 Å². The normalized spacial score (nSPS) is 14.7. The summed E-state index contributed by atoms with van der Waals surface area (Å²) >= 11 is 0. The van der Waals surface area contributed by atoms with E-state index in [1.165, 1.54) is 77.0 Å². The number of ether oxygens (including phenoxy) is 4. The maximum absolute atomic E-state index is 13.1. The van der Waals surface area contributed by atoms with E-state index in [0.29, 0.717) is 32.1 Å². The third-order valence-electron chi connectivity index (χ3n) is 15.1. The number of aliphatic hydroxyl groups excluding tert-OH is 1. The van der Waals surface area contributed by atoms with E-state index in [9.17, 15) is 43.2 Å². The zero-order chi connectivity index (χ0) is 71.8. The lowest BCUT2D eigenvalue weighted by Crippen LogP contribution is -2.30. The van der Waals surface area contributed by atoms with Crippen LogP contribution in [0, 0.1) is 0 Å². The molecule has 0 aliphatic carbocycles. The third-order valence-corrected chi connectivity index (χ3v) is 17.0. The fourth-order valence-electron chi connectivity index (χ4n) is 9.49. The summed E-state index contributed by atoms with van der Waals surface area (Å²) in [5.74, 6) is -2.40. The number of hydrogen-bond acceptors (Lipinski definition) is 15. The summed E-state index contributed by atoms with van der Waals surface area (Å²) in [6.07, 6.45) is 77.8. The first kappa shape index (κ1) is 93.2. The van der Waals surface area contributed by atoms with Gasteiger partial charge >= 0.3 is 39.5 Å². The molecule has 0 rings (SSSR count). The molecule has 17 nitrogen and oxygen atoms in total. The molecule has 0 saturated carbocycles. The minimum Gasteiger partial charge on any atom is -0.462 e. The van der Waals surface area contributed by atoms with Gasteiger partial charge in [0.25, 0.3) is 0 Å². The molecule has 98 heavy (non-hydrogen) atoms. The van der Waals surface area contributed by atoms with Crippen LogP contribution in [0.1, 0.15) is 285 Å². The summed E-state index contributed by atoms with van der Waals surface area (Å²) in [6.45, 7) is 4.41. The molecule has 19 heteroatoms. The van der Waals surface area contributed by atoms with Gasteiger partial charge in [-0.3, -0.25) is 37.3 Å². The first-order valence-electron chi connectivity index (χ1n) is 37.4. The van der Waals surface area contributed by atoms with Crippen molar-refractivity contribution in [3.8, 4) is 0 Å². The van der Waals surface area contributed by atoms with Crippen LogP contribution in [0.25, 0.3) is 0 Å². The molecule has 0 aromatic rings. The number of hydrogen-bond donors (Lipinski definition) is 3. The van der Waals surface area contributed by atoms with Gasteiger partial charge in [-0.15, -0.1) is 0 Å². The number of allylic oxidation sites excluding steroid dienone is 21. The topological polar surface area (TPSA) is 237 Å². The quantitative estimate of drug-likeness (QED) is 0.0169. The van der Waals surface area contributed by atoms with E-state index in [2.05, 4.69) is 125 Å². The Hall–Kier alpha value is -4.80. The molecule has 0 aromatic carbocycles. The molecule has 0 heterocycles. The average molecular weight is 1420 g/mol. The Morgan fingerprint density at radius 2 is 0.592 bits per heavy atom. The van der Waals surface area contributed by atoms with Crippen molar-refractivity contribution in [1.29, 1.82) is 0 Å². The van der Waals surface area contributed by atoms with Crippen molar-refractivity contribution in [2.45, 2.75) is 303 Å². The smallest absolute Gasteiger partial charge is 0.462 e. The minimum atomic E-state index is -5.00. The molecule has 5 unspecified atom stereocenters. The van der Waals surface area contributed by atoms with Crippen molar-refractivity contribution in [1.82, 2.24) is 0 Å². The summed E-state index contributed by atoms with van der Waals surface area (Å²) < 4.78 is 68.2. The second-order valence-electron chi connectivity index (χ2n) is 24.5. The maximum Gasteiger partial charge on any atom is 0.472 e. The lowest BCUT2D eigenvalue weighted by molar-refractivity contribution is -0.161. The molecule has 0 saturated heterocycles. The van der Waals surface area contributed by atoms with Gasteiger partial charge in [0.05, 0.1) is 32.8 Å². The van der Waals surface area contributed by atoms with E-state index in [1.807, 2.05) is 30.4 Å². The zero-order valence-electron chi connectivity index (χ0n) is 60.9. The Balaban J connectivity index is 5.44. The summed E-state index contributed by atoms with van der Waals surface area (Å²) in [5, 5.41) is 10.6. The van der Waals surface area contributed by atoms with Crippen LogP contribution in [0.5, 0.6) is 0 Å². The van der Waals surface area contributed by atoms with E-state index < -0.39 is 97.5 Å². The van der Waals surface area contributed by atoms with Crippen LogP contribution in [-0.4, -0.2) is 96.7 Å². The fourth-order valence-corrected chi connectivity index (χ4v) is 11.1. The van der Waals surface area contributed by atoms with E-state index in [4.69, 9.17) is 37.0 Å². The minimum absolute atomic E-state index is 0.0611. The highest BCUT2D eigenvalue weighted by Gasteiger charge is 2.30. The predicted molar refractivity (Wildman–Crippen MR) is 399 cm³/mol. The van der Waals surface area contributed by atoms with Gasteiger partial charge in [-0.2, -0.15) is 0 Å². The molecule has 3 N–H and O–H groups in total. The first-order valence-corrected chi connectivity index (χ1v) is 40.4. The number of phosphoric acid groups is 2. The van der Waals surface area contributed by atoms with Crippen LogP contribution in [0.2, 0.25) is 0 Å². The average Bonchev–Trinajstić information content (AvgIpc) is 0.986. The van der Waals surface area contributed by atoms with Gasteiger partial charge < -0.3 is 33.8 Å². The van der Waals surface area contributed by atoms with Crippen LogP contribution < -0.4 is 0 Å². The van der Waals surface area contributed by atoms with Gasteiger partial charge in [0.2, 0.25) is 0 Å². The summed E-state index contributed by atoms with van der Waals surface area (Å²) in [5.41, 5.74) is 0. The van der Waals surface area contributed by atoms with E-state index in [0.717, 1.165) is 122 Å². The van der Waals surface area contributed by atoms with Crippen molar-refractivity contribution < 1.29 is 80.2 Å². The van der Waals surface area contributed by atoms with E-state index >= 15 is 0 Å². The van der Waals surface area contributed by atoms with Gasteiger partial charge in [-0.05, 0) is 109 Å². The van der Waals surface area contributed by atoms with Gasteiger partial charge in [0.1, 0.15) is 19.3 Å². The highest BCUT2D eigenvalue weighted by molar-refractivity contribution is 7.47. The van der Waals surface area contributed by atoms with Crippen molar-refractivity contribution in [2.24, 2.45) is 0 Å². The Morgan fingerprint density at radius 1 is 0.306 bits per heavy atom. The Labute approximate surface area is 593 Å². The van der Waals surface area contributed by atoms with Gasteiger partial charge in [-0.1, -0.05) is 283 Å². The molecule has 0 spiro atoms. The van der Waals surface area contributed by atoms with Gasteiger partial charge in [0.15, 0.2) is 12.2 Å². The lowest BCUT2D eigenvalue weighted by atomic mass is 10.0. The number of carbonyl (C=O) groups is 4. The highest BCUT2D eigenvalue weighted by Crippen LogP contribution is 2.45. The van der Waals surface area contributed by atoms with Crippen molar-refractivity contribution >= 4 is 39.5 Å². The fraction of sp³-hybridized carbons (Fsp3) is 0.671. The van der Waals surface area contributed by atoms with Crippen LogP contribution >= 0.6 is 15.6 Å². The van der Waals surface area contributed by atoms with Crippen molar-refractivity contribution in [3.05, 3.63) is 134 Å². The molecule has 560 valence electrons. The SMILES string of the molecule is CC/C=C\C/C=C\C/C=C\C/C=C\C/C=C\CCCC(=O)OCC(COP(=O)(O)OCC(O)COP(=O)(O)OCC(COC(=O)C/C=C\C/C=C\C/C=C\C/C=C\C/C=C\CC)OC(=O)CCCCCCC/C=C\CCCC)OC(=O)CCCCCCCCCCCCCCCCC. The summed E-state index contributed by atoms with van der Waals surface area (Å²) in [6, 6.07) is 0. The Bertz CT molecular complexity index is 2380. The second kappa shape index (κ2) is 70.6. The summed E-state index contributed by atoms with van der Waals surface area (Å²) in [7, 11) is -9.99. The predicted octanol–water partition coefficient (Wildman–Crippen LogP) is 21.3. The van der Waals surface area contributed by atoms with Crippen LogP contribution in [0.15, 0.2) is 134 Å². The molecule has 0 bridgehead atoms. The van der Waals surface area contributed by atoms with Crippen molar-refractivity contribution in [2.75, 3.05) is 39.6 Å². The molecule has 0 aromatic heterocycles. The molecular weight excluding hydrogens is 1280 g/mol. The number of esters is 4. The molecule has 0 aliphatic rings. The number of phosphoric ester groups is 2. The number of aliphatic hydroxyl groups is 1. The molecule has 5 atom stereocenters. The molecule has 0 fully saturated rings. The number of rotatable bonds is 69. The van der Waals surface area contributed by atoms with E-state index in [1.54, 1.807) is 6.08 Å². The largest absolute Gasteiger partial charge is 0.472 e.